The number of aromatic carboxylic acids is 1. The van der Waals surface area contributed by atoms with E-state index in [2.05, 4.69) is 9.97 Å². The lowest BCUT2D eigenvalue weighted by Crippen LogP contribution is -2.11. The van der Waals surface area contributed by atoms with Gasteiger partial charge in [0.15, 0.2) is 0 Å². The van der Waals surface area contributed by atoms with Crippen LogP contribution in [-0.2, 0) is 23.8 Å². The standard InChI is InChI=1S/C27H21F3N2O4/c1-16-2-3-18(12-23(16)27(28,29)30)11-20(33)10-17-4-6-21(7-5-17)36-22-8-9-31-25(14-22)24-13-19(15-32-24)26(34)35/h2-9,12-15,32H,10-11H2,1H3,(H,34,35). The van der Waals surface area contributed by atoms with E-state index in [-0.39, 0.29) is 29.8 Å². The van der Waals surface area contributed by atoms with Gasteiger partial charge in [0.25, 0.3) is 0 Å². The fourth-order valence-electron chi connectivity index (χ4n) is 3.70. The number of halogens is 3. The van der Waals surface area contributed by atoms with Gasteiger partial charge in [0.1, 0.15) is 17.3 Å². The van der Waals surface area contributed by atoms with Crippen LogP contribution in [-0.4, -0.2) is 26.8 Å². The van der Waals surface area contributed by atoms with Crippen molar-refractivity contribution in [3.63, 3.8) is 0 Å². The molecule has 6 nitrogen and oxygen atoms in total. The lowest BCUT2D eigenvalue weighted by atomic mass is 9.99. The molecule has 0 bridgehead atoms. The molecule has 0 unspecified atom stereocenters. The SMILES string of the molecule is Cc1ccc(CC(=O)Cc2ccc(Oc3ccnc(-c4cc(C(=O)O)c[nH]4)c3)cc2)cc1C(F)(F)F. The predicted octanol–water partition coefficient (Wildman–Crippen LogP) is 6.25. The maximum atomic E-state index is 13.1. The summed E-state index contributed by atoms with van der Waals surface area (Å²) in [6, 6.07) is 15.5. The lowest BCUT2D eigenvalue weighted by molar-refractivity contribution is -0.138. The van der Waals surface area contributed by atoms with Crippen molar-refractivity contribution in [3.05, 3.63) is 101 Å². The van der Waals surface area contributed by atoms with Gasteiger partial charge in [-0.25, -0.2) is 4.79 Å². The van der Waals surface area contributed by atoms with E-state index in [4.69, 9.17) is 9.84 Å². The number of carbonyl (C=O) groups excluding carboxylic acids is 1. The summed E-state index contributed by atoms with van der Waals surface area (Å²) in [5.74, 6) is -0.260. The van der Waals surface area contributed by atoms with E-state index >= 15 is 0 Å². The molecule has 36 heavy (non-hydrogen) atoms. The molecule has 0 atom stereocenters. The van der Waals surface area contributed by atoms with Crippen LogP contribution in [0, 0.1) is 6.92 Å². The molecule has 2 N–H and O–H groups in total. The third kappa shape index (κ3) is 5.99. The molecule has 9 heteroatoms. The van der Waals surface area contributed by atoms with Gasteiger partial charge in [0, 0.05) is 31.3 Å². The minimum atomic E-state index is -4.46. The first-order valence-electron chi connectivity index (χ1n) is 10.9. The Morgan fingerprint density at radius 3 is 2.31 bits per heavy atom. The Bertz CT molecular complexity index is 1410. The molecular weight excluding hydrogens is 473 g/mol. The number of aromatic nitrogens is 2. The van der Waals surface area contributed by atoms with E-state index in [1.807, 2.05) is 0 Å². The second kappa shape index (κ2) is 10.1. The normalized spacial score (nSPS) is 11.3. The molecule has 0 saturated carbocycles. The number of carboxylic acid groups (broad SMARTS) is 1. The first kappa shape index (κ1) is 24.7. The molecule has 0 amide bonds. The van der Waals surface area contributed by atoms with E-state index in [0.29, 0.717) is 34.0 Å². The molecule has 4 rings (SSSR count). The van der Waals surface area contributed by atoms with Crippen LogP contribution >= 0.6 is 0 Å². The minimum Gasteiger partial charge on any atom is -0.478 e. The Labute approximate surface area is 204 Å². The first-order chi connectivity index (χ1) is 17.1. The van der Waals surface area contributed by atoms with Gasteiger partial charge in [-0.3, -0.25) is 9.78 Å². The zero-order valence-corrected chi connectivity index (χ0v) is 19.1. The molecule has 184 valence electrons. The Morgan fingerprint density at radius 1 is 0.944 bits per heavy atom. The molecule has 0 radical (unpaired) electrons. The van der Waals surface area contributed by atoms with Crippen molar-refractivity contribution in [2.75, 3.05) is 0 Å². The molecule has 2 heterocycles. The Hall–Kier alpha value is -4.40. The van der Waals surface area contributed by atoms with Crippen molar-refractivity contribution in [2.24, 2.45) is 0 Å². The number of carboxylic acids is 1. The fourth-order valence-corrected chi connectivity index (χ4v) is 3.70. The number of benzene rings is 2. The Morgan fingerprint density at radius 2 is 1.64 bits per heavy atom. The molecule has 0 fully saturated rings. The second-order valence-corrected chi connectivity index (χ2v) is 8.27. The van der Waals surface area contributed by atoms with Crippen LogP contribution in [0.15, 0.2) is 73.1 Å². The van der Waals surface area contributed by atoms with Gasteiger partial charge < -0.3 is 14.8 Å². The summed E-state index contributed by atoms with van der Waals surface area (Å²) in [6.07, 6.45) is -1.57. The van der Waals surface area contributed by atoms with Crippen LogP contribution in [0.2, 0.25) is 0 Å². The van der Waals surface area contributed by atoms with Gasteiger partial charge in [-0.2, -0.15) is 13.2 Å². The number of nitrogens with one attached hydrogen (secondary N) is 1. The highest BCUT2D eigenvalue weighted by Crippen LogP contribution is 2.32. The number of H-pyrrole nitrogens is 1. The van der Waals surface area contributed by atoms with Crippen molar-refractivity contribution < 1.29 is 32.6 Å². The summed E-state index contributed by atoms with van der Waals surface area (Å²) >= 11 is 0. The van der Waals surface area contributed by atoms with E-state index in [9.17, 15) is 22.8 Å². The van der Waals surface area contributed by atoms with E-state index in [0.717, 1.165) is 6.07 Å². The van der Waals surface area contributed by atoms with Crippen LogP contribution in [0.3, 0.4) is 0 Å². The topological polar surface area (TPSA) is 92.3 Å². The van der Waals surface area contributed by atoms with Gasteiger partial charge >= 0.3 is 12.1 Å². The van der Waals surface area contributed by atoms with Crippen LogP contribution < -0.4 is 4.74 Å². The highest BCUT2D eigenvalue weighted by molar-refractivity contribution is 5.89. The predicted molar refractivity (Wildman–Crippen MR) is 126 cm³/mol. The van der Waals surface area contributed by atoms with Crippen molar-refractivity contribution in [2.45, 2.75) is 25.9 Å². The molecular formula is C27H21F3N2O4. The first-order valence-corrected chi connectivity index (χ1v) is 10.9. The van der Waals surface area contributed by atoms with Gasteiger partial charge in [-0.15, -0.1) is 0 Å². The number of Topliss-reactive ketones (excluding diaryl/α,β-unsaturated/α-hetero) is 1. The zero-order valence-electron chi connectivity index (χ0n) is 19.1. The summed E-state index contributed by atoms with van der Waals surface area (Å²) in [5, 5.41) is 9.07. The smallest absolute Gasteiger partial charge is 0.416 e. The summed E-state index contributed by atoms with van der Waals surface area (Å²) in [5.41, 5.74) is 1.57. The van der Waals surface area contributed by atoms with Crippen LogP contribution in [0.4, 0.5) is 13.2 Å². The quantitative estimate of drug-likeness (QED) is 0.302. The number of pyridine rings is 1. The summed E-state index contributed by atoms with van der Waals surface area (Å²) < 4.78 is 45.2. The number of nitrogens with zero attached hydrogens (tertiary/aromatic N) is 1. The molecule has 2 aromatic heterocycles. The Kier molecular flexibility index (Phi) is 6.91. The number of rotatable bonds is 8. The fraction of sp³-hybridized carbons (Fsp3) is 0.148. The molecule has 2 aromatic carbocycles. The van der Waals surface area contributed by atoms with Crippen LogP contribution in [0.5, 0.6) is 11.5 Å². The number of alkyl halides is 3. The van der Waals surface area contributed by atoms with Crippen molar-refractivity contribution >= 4 is 11.8 Å². The molecule has 4 aromatic rings. The summed E-state index contributed by atoms with van der Waals surface area (Å²) in [6.45, 7) is 1.39. The minimum absolute atomic E-state index is 0.0770. The molecule has 0 aliphatic carbocycles. The number of hydrogen-bond acceptors (Lipinski definition) is 4. The monoisotopic (exact) mass is 494 g/mol. The Balaban J connectivity index is 1.39. The van der Waals surface area contributed by atoms with Gasteiger partial charge in [0.2, 0.25) is 0 Å². The second-order valence-electron chi connectivity index (χ2n) is 8.27. The lowest BCUT2D eigenvalue weighted by Gasteiger charge is -2.12. The highest BCUT2D eigenvalue weighted by atomic mass is 19.4. The van der Waals surface area contributed by atoms with Crippen molar-refractivity contribution in [1.29, 1.82) is 0 Å². The van der Waals surface area contributed by atoms with E-state index in [1.165, 1.54) is 37.5 Å². The van der Waals surface area contributed by atoms with Crippen LogP contribution in [0.25, 0.3) is 11.4 Å². The summed E-state index contributed by atoms with van der Waals surface area (Å²) in [4.78, 5) is 30.6. The number of aryl methyl sites for hydroxylation is 1. The van der Waals surface area contributed by atoms with E-state index in [1.54, 1.807) is 36.4 Å². The molecule has 0 spiro atoms. The van der Waals surface area contributed by atoms with Gasteiger partial charge in [0.05, 0.1) is 22.5 Å². The average Bonchev–Trinajstić information content (AvgIpc) is 3.32. The highest BCUT2D eigenvalue weighted by Gasteiger charge is 2.32. The van der Waals surface area contributed by atoms with Gasteiger partial charge in [-0.1, -0.05) is 24.3 Å². The number of carbonyl (C=O) groups is 2. The van der Waals surface area contributed by atoms with Crippen LogP contribution in [0.1, 0.15) is 32.6 Å². The number of aromatic amines is 1. The maximum Gasteiger partial charge on any atom is 0.416 e. The van der Waals surface area contributed by atoms with Gasteiger partial charge in [-0.05, 0) is 53.9 Å². The summed E-state index contributed by atoms with van der Waals surface area (Å²) in [7, 11) is 0. The van der Waals surface area contributed by atoms with E-state index < -0.39 is 17.7 Å². The average molecular weight is 494 g/mol. The molecule has 0 aliphatic heterocycles. The maximum absolute atomic E-state index is 13.1. The molecule has 0 saturated heterocycles. The van der Waals surface area contributed by atoms with Crippen molar-refractivity contribution in [1.82, 2.24) is 9.97 Å². The number of ketones is 1. The molecule has 0 aliphatic rings. The number of ether oxygens (including phenoxy) is 1. The third-order valence-corrected chi connectivity index (χ3v) is 5.51. The number of hydrogen-bond donors (Lipinski definition) is 2. The largest absolute Gasteiger partial charge is 0.478 e. The zero-order chi connectivity index (χ0) is 25.9. The third-order valence-electron chi connectivity index (χ3n) is 5.51. The van der Waals surface area contributed by atoms with Crippen molar-refractivity contribution in [3.8, 4) is 22.9 Å².